The second-order valence-electron chi connectivity index (χ2n) is 9.60. The highest BCUT2D eigenvalue weighted by molar-refractivity contribution is 7.07. The minimum absolute atomic E-state index is 0.0595. The van der Waals surface area contributed by atoms with Gasteiger partial charge in [0.05, 0.1) is 41.1 Å². The standard InChI is InChI=1S/C32H27F3N2O5S/c1-4-41-30(39)27-19(2)36-31-37(28(27)21-9-6-5-7-10-21)29(38)26(43-31)16-20-13-14-25(40-3)22(15-20)18-42-24-12-8-11-23(17-24)32(33,34)35/h5-17,28H,4,18H2,1-3H3/t28-/m0/s1. The van der Waals surface area contributed by atoms with Crippen molar-refractivity contribution >= 4 is 23.4 Å². The lowest BCUT2D eigenvalue weighted by molar-refractivity contribution is -0.139. The molecule has 1 aliphatic heterocycles. The van der Waals surface area contributed by atoms with Gasteiger partial charge in [-0.3, -0.25) is 9.36 Å². The molecule has 0 radical (unpaired) electrons. The Hall–Kier alpha value is -4.64. The van der Waals surface area contributed by atoms with Crippen molar-refractivity contribution in [2.45, 2.75) is 32.7 Å². The number of hydrogen-bond donors (Lipinski definition) is 0. The zero-order valence-corrected chi connectivity index (χ0v) is 24.3. The maximum atomic E-state index is 13.8. The van der Waals surface area contributed by atoms with Gasteiger partial charge in [0.1, 0.15) is 18.1 Å². The summed E-state index contributed by atoms with van der Waals surface area (Å²) in [5.74, 6) is 0.00101. The van der Waals surface area contributed by atoms with Crippen LogP contribution >= 0.6 is 11.3 Å². The van der Waals surface area contributed by atoms with E-state index >= 15 is 0 Å². The maximum Gasteiger partial charge on any atom is 0.416 e. The summed E-state index contributed by atoms with van der Waals surface area (Å²) in [5.41, 5.74) is 1.59. The van der Waals surface area contributed by atoms with E-state index in [1.807, 2.05) is 30.3 Å². The zero-order valence-electron chi connectivity index (χ0n) is 23.5. The number of alkyl halides is 3. The fourth-order valence-electron chi connectivity index (χ4n) is 4.82. The molecule has 7 nitrogen and oxygen atoms in total. The second-order valence-corrected chi connectivity index (χ2v) is 10.6. The number of ether oxygens (including phenoxy) is 3. The molecule has 1 aliphatic rings. The van der Waals surface area contributed by atoms with Crippen LogP contribution in [0.15, 0.2) is 93.9 Å². The summed E-state index contributed by atoms with van der Waals surface area (Å²) in [6, 6.07) is 18.3. The van der Waals surface area contributed by atoms with Gasteiger partial charge in [0, 0.05) is 5.56 Å². The van der Waals surface area contributed by atoms with Gasteiger partial charge < -0.3 is 14.2 Å². The number of hydrogen-bond acceptors (Lipinski definition) is 7. The fraction of sp³-hybridized carbons (Fsp3) is 0.219. The van der Waals surface area contributed by atoms with Gasteiger partial charge in [-0.2, -0.15) is 13.2 Å². The van der Waals surface area contributed by atoms with E-state index in [0.29, 0.717) is 37.5 Å². The van der Waals surface area contributed by atoms with Crippen LogP contribution in [0.2, 0.25) is 0 Å². The first-order chi connectivity index (χ1) is 20.6. The number of rotatable bonds is 8. The third-order valence-corrected chi connectivity index (χ3v) is 7.77. The molecule has 1 atom stereocenters. The summed E-state index contributed by atoms with van der Waals surface area (Å²) >= 11 is 1.19. The van der Waals surface area contributed by atoms with Crippen LogP contribution in [0.4, 0.5) is 13.2 Å². The quantitative estimate of drug-likeness (QED) is 0.250. The van der Waals surface area contributed by atoms with Crippen molar-refractivity contribution in [3.05, 3.63) is 126 Å². The molecule has 0 saturated carbocycles. The molecule has 222 valence electrons. The Kier molecular flexibility index (Phi) is 8.54. The molecule has 11 heteroatoms. The molecule has 1 aromatic heterocycles. The lowest BCUT2D eigenvalue weighted by Gasteiger charge is -2.24. The molecular weight excluding hydrogens is 581 g/mol. The van der Waals surface area contributed by atoms with E-state index in [1.54, 1.807) is 38.1 Å². The number of carbonyl (C=O) groups is 1. The van der Waals surface area contributed by atoms with Crippen molar-refractivity contribution in [1.29, 1.82) is 0 Å². The van der Waals surface area contributed by atoms with Crippen molar-refractivity contribution in [1.82, 2.24) is 4.57 Å². The first kappa shape index (κ1) is 29.8. The van der Waals surface area contributed by atoms with Gasteiger partial charge in [-0.25, -0.2) is 9.79 Å². The number of aromatic nitrogens is 1. The average Bonchev–Trinajstić information content (AvgIpc) is 3.29. The van der Waals surface area contributed by atoms with Crippen LogP contribution in [-0.4, -0.2) is 24.3 Å². The predicted octanol–water partition coefficient (Wildman–Crippen LogP) is 5.40. The second kappa shape index (κ2) is 12.3. The van der Waals surface area contributed by atoms with Gasteiger partial charge in [-0.15, -0.1) is 0 Å². The van der Waals surface area contributed by atoms with E-state index < -0.39 is 23.8 Å². The van der Waals surface area contributed by atoms with E-state index in [-0.39, 0.29) is 24.5 Å². The minimum atomic E-state index is -4.49. The lowest BCUT2D eigenvalue weighted by atomic mass is 9.96. The van der Waals surface area contributed by atoms with Crippen molar-refractivity contribution < 1.29 is 32.2 Å². The third-order valence-electron chi connectivity index (χ3n) is 6.79. The highest BCUT2D eigenvalue weighted by atomic mass is 32.1. The largest absolute Gasteiger partial charge is 0.496 e. The molecule has 0 N–H and O–H groups in total. The predicted molar refractivity (Wildman–Crippen MR) is 156 cm³/mol. The molecule has 4 aromatic rings. The summed E-state index contributed by atoms with van der Waals surface area (Å²) in [5, 5.41) is 0. The normalized spacial score (nSPS) is 15.1. The molecule has 0 bridgehead atoms. The Bertz CT molecular complexity index is 1880. The number of esters is 1. The number of allylic oxidation sites excluding steroid dienone is 1. The molecule has 0 aliphatic carbocycles. The van der Waals surface area contributed by atoms with E-state index in [2.05, 4.69) is 4.99 Å². The first-order valence-corrected chi connectivity index (χ1v) is 14.1. The summed E-state index contributed by atoms with van der Waals surface area (Å²) in [6.45, 7) is 3.55. The van der Waals surface area contributed by atoms with Gasteiger partial charge in [0.15, 0.2) is 4.80 Å². The number of benzene rings is 3. The molecule has 0 spiro atoms. The summed E-state index contributed by atoms with van der Waals surface area (Å²) in [4.78, 5) is 31.9. The Balaban J connectivity index is 1.53. The molecular formula is C32H27F3N2O5S. The van der Waals surface area contributed by atoms with E-state index in [9.17, 15) is 22.8 Å². The van der Waals surface area contributed by atoms with Crippen LogP contribution < -0.4 is 24.4 Å². The number of carbonyl (C=O) groups excluding carboxylic acids is 1. The average molecular weight is 609 g/mol. The highest BCUT2D eigenvalue weighted by Gasteiger charge is 2.33. The van der Waals surface area contributed by atoms with Gasteiger partial charge >= 0.3 is 12.1 Å². The monoisotopic (exact) mass is 608 g/mol. The molecule has 5 rings (SSSR count). The van der Waals surface area contributed by atoms with E-state index in [4.69, 9.17) is 14.2 Å². The number of thiazole rings is 1. The van der Waals surface area contributed by atoms with Crippen LogP contribution in [0.25, 0.3) is 6.08 Å². The van der Waals surface area contributed by atoms with Gasteiger partial charge in [-0.05, 0) is 61.4 Å². The maximum absolute atomic E-state index is 13.8. The third kappa shape index (κ3) is 6.26. The van der Waals surface area contributed by atoms with Crippen LogP contribution in [0.3, 0.4) is 0 Å². The molecule has 43 heavy (non-hydrogen) atoms. The smallest absolute Gasteiger partial charge is 0.416 e. The van der Waals surface area contributed by atoms with E-state index in [1.165, 1.54) is 35.1 Å². The molecule has 0 fully saturated rings. The number of nitrogens with zero attached hydrogens (tertiary/aromatic N) is 2. The van der Waals surface area contributed by atoms with Crippen LogP contribution in [0, 0.1) is 0 Å². The van der Waals surface area contributed by atoms with Crippen molar-refractivity contribution in [3.63, 3.8) is 0 Å². The SMILES string of the molecule is CCOC(=O)C1=C(C)N=c2sc(=Cc3ccc(OC)c(COc4cccc(C(F)(F)F)c4)c3)c(=O)n2[C@H]1c1ccccc1. The lowest BCUT2D eigenvalue weighted by Crippen LogP contribution is -2.39. The molecule has 2 heterocycles. The molecule has 0 saturated heterocycles. The number of fused-ring (bicyclic) bond motifs is 1. The molecule has 3 aromatic carbocycles. The Morgan fingerprint density at radius 1 is 1.07 bits per heavy atom. The Morgan fingerprint density at radius 2 is 1.84 bits per heavy atom. The summed E-state index contributed by atoms with van der Waals surface area (Å²) in [6.07, 6.45) is -2.79. The van der Waals surface area contributed by atoms with Crippen LogP contribution in [0.5, 0.6) is 11.5 Å². The number of methoxy groups -OCH3 is 1. The van der Waals surface area contributed by atoms with Gasteiger partial charge in [0.2, 0.25) is 0 Å². The van der Waals surface area contributed by atoms with Crippen molar-refractivity contribution in [2.75, 3.05) is 13.7 Å². The topological polar surface area (TPSA) is 79.1 Å². The van der Waals surface area contributed by atoms with Crippen LogP contribution in [-0.2, 0) is 22.3 Å². The minimum Gasteiger partial charge on any atom is -0.496 e. The highest BCUT2D eigenvalue weighted by Crippen LogP contribution is 2.32. The summed E-state index contributed by atoms with van der Waals surface area (Å²) in [7, 11) is 1.48. The van der Waals surface area contributed by atoms with Crippen molar-refractivity contribution in [2.24, 2.45) is 4.99 Å². The van der Waals surface area contributed by atoms with Gasteiger partial charge in [-0.1, -0.05) is 53.8 Å². The van der Waals surface area contributed by atoms with Crippen molar-refractivity contribution in [3.8, 4) is 11.5 Å². The van der Waals surface area contributed by atoms with E-state index in [0.717, 1.165) is 17.7 Å². The van der Waals surface area contributed by atoms with Gasteiger partial charge in [0.25, 0.3) is 5.56 Å². The number of halogens is 3. The molecule has 0 unspecified atom stereocenters. The molecule has 0 amide bonds. The summed E-state index contributed by atoms with van der Waals surface area (Å²) < 4.78 is 57.7. The Labute approximate surface area is 248 Å². The van der Waals surface area contributed by atoms with Crippen LogP contribution in [0.1, 0.15) is 42.1 Å². The fourth-order valence-corrected chi connectivity index (χ4v) is 5.86. The Morgan fingerprint density at radius 3 is 2.53 bits per heavy atom. The zero-order chi connectivity index (χ0) is 30.7. The first-order valence-electron chi connectivity index (χ1n) is 13.3.